The summed E-state index contributed by atoms with van der Waals surface area (Å²) in [7, 11) is 0.788. The van der Waals surface area contributed by atoms with Crippen molar-refractivity contribution in [3.05, 3.63) is 0 Å². The molecule has 78 valence electrons. The Balaban J connectivity index is 2.52. The topological polar surface area (TPSA) is 36.9 Å². The van der Waals surface area contributed by atoms with Crippen molar-refractivity contribution in [2.45, 2.75) is 32.1 Å². The predicted octanol–water partition coefficient (Wildman–Crippen LogP) is 1.39. The summed E-state index contributed by atoms with van der Waals surface area (Å²) in [5, 5.41) is 0. The van der Waals surface area contributed by atoms with Gasteiger partial charge >= 0.3 is 8.80 Å². The van der Waals surface area contributed by atoms with Gasteiger partial charge in [0.05, 0.1) is 6.61 Å². The van der Waals surface area contributed by atoms with E-state index in [9.17, 15) is 0 Å². The lowest BCUT2D eigenvalue weighted by Crippen LogP contribution is -2.52. The monoisotopic (exact) mass is 206 g/mol. The maximum Gasteiger partial charge on any atom is 0.505 e. The molecule has 1 rings (SSSR count). The Morgan fingerprint density at radius 3 is 2.08 bits per heavy atom. The Kier molecular flexibility index (Phi) is 3.87. The predicted molar refractivity (Wildman–Crippen MR) is 50.3 cm³/mol. The zero-order valence-corrected chi connectivity index (χ0v) is 9.70. The highest BCUT2D eigenvalue weighted by molar-refractivity contribution is 6.62. The third-order valence-corrected chi connectivity index (χ3v) is 5.37. The van der Waals surface area contributed by atoms with E-state index in [1.54, 1.807) is 14.2 Å². The summed E-state index contributed by atoms with van der Waals surface area (Å²) in [6.07, 6.45) is 0.822. The molecule has 1 fully saturated rings. The maximum atomic E-state index is 5.71. The minimum absolute atomic E-state index is 0.117. The molecule has 0 amide bonds. The molecule has 5 heteroatoms. The first-order valence-corrected chi connectivity index (χ1v) is 6.34. The highest BCUT2D eigenvalue weighted by Gasteiger charge is 2.46. The van der Waals surface area contributed by atoms with Gasteiger partial charge < -0.3 is 18.0 Å². The summed E-state index contributed by atoms with van der Waals surface area (Å²) in [6.45, 7) is 4.86. The Labute approximate surface area is 80.5 Å². The fourth-order valence-corrected chi connectivity index (χ4v) is 3.40. The van der Waals surface area contributed by atoms with Crippen LogP contribution in [-0.2, 0) is 18.0 Å². The molecule has 4 nitrogen and oxygen atoms in total. The third-order valence-electron chi connectivity index (χ3n) is 2.23. The highest BCUT2D eigenvalue weighted by atomic mass is 28.4. The summed E-state index contributed by atoms with van der Waals surface area (Å²) >= 11 is 0. The molecular weight excluding hydrogens is 188 g/mol. The smallest absolute Gasteiger partial charge is 0.377 e. The van der Waals surface area contributed by atoms with Gasteiger partial charge in [-0.05, 0) is 0 Å². The van der Waals surface area contributed by atoms with Crippen LogP contribution in [0.2, 0.25) is 5.54 Å². The van der Waals surface area contributed by atoms with Crippen molar-refractivity contribution >= 4 is 8.80 Å². The van der Waals surface area contributed by atoms with Crippen LogP contribution in [0.1, 0.15) is 20.3 Å². The average molecular weight is 206 g/mol. The van der Waals surface area contributed by atoms with Crippen LogP contribution in [0.5, 0.6) is 0 Å². The minimum Gasteiger partial charge on any atom is -0.377 e. The highest BCUT2D eigenvalue weighted by Crippen LogP contribution is 2.28. The Bertz CT molecular complexity index is 154. The fraction of sp³-hybridized carbons (Fsp3) is 1.00. The van der Waals surface area contributed by atoms with E-state index in [2.05, 4.69) is 0 Å². The van der Waals surface area contributed by atoms with Crippen LogP contribution in [0.4, 0.5) is 0 Å². The summed E-state index contributed by atoms with van der Waals surface area (Å²) in [5.74, 6) is 0. The van der Waals surface area contributed by atoms with E-state index in [0.29, 0.717) is 0 Å². The van der Waals surface area contributed by atoms with Gasteiger partial charge in [0.25, 0.3) is 0 Å². The van der Waals surface area contributed by atoms with Crippen LogP contribution >= 0.6 is 0 Å². The quantitative estimate of drug-likeness (QED) is 0.637. The molecule has 0 saturated carbocycles. The minimum atomic E-state index is -2.48. The zero-order chi connectivity index (χ0) is 9.90. The molecule has 1 unspecified atom stereocenters. The SMILES string of the molecule is CO[Si](OC)(OC1CCO1)C(C)C. The first-order chi connectivity index (χ1) is 6.14. The summed E-state index contributed by atoms with van der Waals surface area (Å²) < 4.78 is 21.6. The number of hydrogen-bond donors (Lipinski definition) is 0. The van der Waals surface area contributed by atoms with Gasteiger partial charge in [-0.15, -0.1) is 0 Å². The van der Waals surface area contributed by atoms with E-state index in [1.165, 1.54) is 0 Å². The van der Waals surface area contributed by atoms with Crippen molar-refractivity contribution in [1.82, 2.24) is 0 Å². The van der Waals surface area contributed by atoms with Gasteiger partial charge in [-0.2, -0.15) is 0 Å². The largest absolute Gasteiger partial charge is 0.505 e. The Hall–Kier alpha value is 0.0569. The van der Waals surface area contributed by atoms with E-state index in [0.717, 1.165) is 13.0 Å². The number of hydrogen-bond acceptors (Lipinski definition) is 4. The van der Waals surface area contributed by atoms with Crippen molar-refractivity contribution in [1.29, 1.82) is 0 Å². The molecule has 0 spiro atoms. The van der Waals surface area contributed by atoms with E-state index in [4.69, 9.17) is 18.0 Å². The number of rotatable bonds is 5. The van der Waals surface area contributed by atoms with Gasteiger partial charge in [0.15, 0.2) is 6.29 Å². The maximum absolute atomic E-state index is 5.71. The fourth-order valence-electron chi connectivity index (χ4n) is 1.28. The van der Waals surface area contributed by atoms with Crippen molar-refractivity contribution in [3.8, 4) is 0 Å². The molecule has 1 saturated heterocycles. The molecule has 0 aliphatic carbocycles. The zero-order valence-electron chi connectivity index (χ0n) is 8.70. The standard InChI is InChI=1S/C8H18O4Si/c1-7(2)13(9-3,10-4)12-8-5-6-11-8/h7-8H,5-6H2,1-4H3. The van der Waals surface area contributed by atoms with Gasteiger partial charge in [-0.1, -0.05) is 13.8 Å². The molecule has 1 aliphatic rings. The average Bonchev–Trinajstić information content (AvgIpc) is 2.04. The Morgan fingerprint density at radius 2 is 1.85 bits per heavy atom. The summed E-state index contributed by atoms with van der Waals surface area (Å²) in [6, 6.07) is 0. The lowest BCUT2D eigenvalue weighted by molar-refractivity contribution is -0.190. The van der Waals surface area contributed by atoms with Gasteiger partial charge in [0.1, 0.15) is 0 Å². The van der Waals surface area contributed by atoms with Crippen molar-refractivity contribution in [2.75, 3.05) is 20.8 Å². The third kappa shape index (κ3) is 2.29. The normalized spacial score (nSPS) is 23.3. The molecule has 0 aromatic rings. The van der Waals surface area contributed by atoms with Gasteiger partial charge in [0.2, 0.25) is 0 Å². The molecule has 0 N–H and O–H groups in total. The molecule has 0 aromatic carbocycles. The molecule has 0 radical (unpaired) electrons. The second kappa shape index (κ2) is 4.52. The van der Waals surface area contributed by atoms with Crippen LogP contribution in [-0.4, -0.2) is 35.9 Å². The second-order valence-corrected chi connectivity index (χ2v) is 6.79. The number of ether oxygens (including phenoxy) is 1. The van der Waals surface area contributed by atoms with E-state index < -0.39 is 8.80 Å². The van der Waals surface area contributed by atoms with Crippen LogP contribution in [0.15, 0.2) is 0 Å². The molecule has 1 aliphatic heterocycles. The lowest BCUT2D eigenvalue weighted by Gasteiger charge is -2.36. The van der Waals surface area contributed by atoms with Crippen LogP contribution in [0, 0.1) is 0 Å². The van der Waals surface area contributed by atoms with E-state index in [1.807, 2.05) is 13.8 Å². The van der Waals surface area contributed by atoms with Crippen LogP contribution in [0.3, 0.4) is 0 Å². The van der Waals surface area contributed by atoms with E-state index >= 15 is 0 Å². The molecule has 0 bridgehead atoms. The first kappa shape index (κ1) is 11.1. The van der Waals surface area contributed by atoms with E-state index in [-0.39, 0.29) is 11.8 Å². The molecule has 13 heavy (non-hydrogen) atoms. The van der Waals surface area contributed by atoms with Crippen molar-refractivity contribution in [3.63, 3.8) is 0 Å². The van der Waals surface area contributed by atoms with Gasteiger partial charge in [-0.25, -0.2) is 0 Å². The van der Waals surface area contributed by atoms with Crippen molar-refractivity contribution < 1.29 is 18.0 Å². The first-order valence-electron chi connectivity index (χ1n) is 4.54. The summed E-state index contributed by atoms with van der Waals surface area (Å²) in [4.78, 5) is 0. The summed E-state index contributed by atoms with van der Waals surface area (Å²) in [5.41, 5.74) is 0.256. The second-order valence-electron chi connectivity index (χ2n) is 3.37. The van der Waals surface area contributed by atoms with Gasteiger partial charge in [-0.3, -0.25) is 0 Å². The van der Waals surface area contributed by atoms with Crippen LogP contribution < -0.4 is 0 Å². The molecule has 0 aromatic heterocycles. The van der Waals surface area contributed by atoms with Crippen molar-refractivity contribution in [2.24, 2.45) is 0 Å². The van der Waals surface area contributed by atoms with Gasteiger partial charge in [0, 0.05) is 26.2 Å². The molecule has 1 atom stereocenters. The van der Waals surface area contributed by atoms with Crippen LogP contribution in [0.25, 0.3) is 0 Å². The molecular formula is C8H18O4Si. The Morgan fingerprint density at radius 1 is 1.31 bits per heavy atom. The molecule has 1 heterocycles. The lowest BCUT2D eigenvalue weighted by atomic mass is 10.4.